The summed E-state index contributed by atoms with van der Waals surface area (Å²) in [7, 11) is 3.14. The summed E-state index contributed by atoms with van der Waals surface area (Å²) in [5.41, 5.74) is 2.02. The van der Waals surface area contributed by atoms with Gasteiger partial charge >= 0.3 is 0 Å². The second-order valence-corrected chi connectivity index (χ2v) is 7.18. The molecule has 6 nitrogen and oxygen atoms in total. The van der Waals surface area contributed by atoms with Crippen LogP contribution >= 0.6 is 0 Å². The Labute approximate surface area is 164 Å². The van der Waals surface area contributed by atoms with Crippen LogP contribution in [0.15, 0.2) is 42.5 Å². The average molecular weight is 380 g/mol. The maximum absolute atomic E-state index is 13.4. The summed E-state index contributed by atoms with van der Waals surface area (Å²) in [6.07, 6.45) is 2.83. The fourth-order valence-corrected chi connectivity index (χ4v) is 4.31. The molecule has 0 saturated carbocycles. The lowest BCUT2D eigenvalue weighted by molar-refractivity contribution is -0.119. The highest BCUT2D eigenvalue weighted by Gasteiger charge is 2.44. The van der Waals surface area contributed by atoms with E-state index < -0.39 is 5.92 Å². The Kier molecular flexibility index (Phi) is 4.94. The van der Waals surface area contributed by atoms with Crippen LogP contribution in [-0.2, 0) is 4.79 Å². The van der Waals surface area contributed by atoms with Gasteiger partial charge in [-0.25, -0.2) is 0 Å². The average Bonchev–Trinajstić information content (AvgIpc) is 2.74. The second kappa shape index (κ2) is 7.54. The van der Waals surface area contributed by atoms with Crippen LogP contribution in [-0.4, -0.2) is 43.5 Å². The van der Waals surface area contributed by atoms with Gasteiger partial charge < -0.3 is 19.7 Å². The van der Waals surface area contributed by atoms with Crippen molar-refractivity contribution in [3.8, 4) is 11.5 Å². The molecule has 0 bridgehead atoms. The SMILES string of the molecule is COc1ccc(NC(=O)[C@@H]2c3ccccc3C(=O)N3CCCC[C@@H]23)c(OC)c1. The summed E-state index contributed by atoms with van der Waals surface area (Å²) >= 11 is 0. The van der Waals surface area contributed by atoms with Crippen LogP contribution in [0.5, 0.6) is 11.5 Å². The summed E-state index contributed by atoms with van der Waals surface area (Å²) < 4.78 is 10.6. The fourth-order valence-electron chi connectivity index (χ4n) is 4.31. The number of rotatable bonds is 4. The predicted molar refractivity (Wildman–Crippen MR) is 106 cm³/mol. The number of carbonyl (C=O) groups is 2. The summed E-state index contributed by atoms with van der Waals surface area (Å²) in [4.78, 5) is 28.2. The fraction of sp³-hybridized carbons (Fsp3) is 0.364. The molecule has 1 saturated heterocycles. The third-order valence-electron chi connectivity index (χ3n) is 5.67. The van der Waals surface area contributed by atoms with Crippen LogP contribution < -0.4 is 14.8 Å². The zero-order valence-electron chi connectivity index (χ0n) is 16.1. The van der Waals surface area contributed by atoms with Crippen molar-refractivity contribution in [1.82, 2.24) is 4.90 Å². The molecular formula is C22H24N2O4. The topological polar surface area (TPSA) is 67.9 Å². The van der Waals surface area contributed by atoms with Gasteiger partial charge in [-0.15, -0.1) is 0 Å². The third-order valence-corrected chi connectivity index (χ3v) is 5.67. The van der Waals surface area contributed by atoms with Crippen molar-refractivity contribution < 1.29 is 19.1 Å². The van der Waals surface area contributed by atoms with Gasteiger partial charge in [0.05, 0.1) is 25.8 Å². The molecule has 2 atom stereocenters. The van der Waals surface area contributed by atoms with Gasteiger partial charge in [-0.3, -0.25) is 9.59 Å². The molecule has 0 radical (unpaired) electrons. The van der Waals surface area contributed by atoms with E-state index in [-0.39, 0.29) is 17.9 Å². The number of hydrogen-bond acceptors (Lipinski definition) is 4. The van der Waals surface area contributed by atoms with Crippen LogP contribution in [0, 0.1) is 0 Å². The molecular weight excluding hydrogens is 356 g/mol. The summed E-state index contributed by atoms with van der Waals surface area (Å²) in [6, 6.07) is 12.6. The largest absolute Gasteiger partial charge is 0.497 e. The molecule has 2 aliphatic rings. The molecule has 1 N–H and O–H groups in total. The lowest BCUT2D eigenvalue weighted by Crippen LogP contribution is -2.53. The molecule has 2 heterocycles. The molecule has 0 unspecified atom stereocenters. The van der Waals surface area contributed by atoms with E-state index in [9.17, 15) is 9.59 Å². The minimum Gasteiger partial charge on any atom is -0.497 e. The number of nitrogens with one attached hydrogen (secondary N) is 1. The van der Waals surface area contributed by atoms with Crippen LogP contribution in [0.4, 0.5) is 5.69 Å². The maximum Gasteiger partial charge on any atom is 0.254 e. The van der Waals surface area contributed by atoms with E-state index in [4.69, 9.17) is 9.47 Å². The molecule has 28 heavy (non-hydrogen) atoms. The van der Waals surface area contributed by atoms with Gasteiger partial charge in [0.25, 0.3) is 5.91 Å². The zero-order chi connectivity index (χ0) is 19.7. The van der Waals surface area contributed by atoms with E-state index in [2.05, 4.69) is 5.32 Å². The van der Waals surface area contributed by atoms with Crippen molar-refractivity contribution in [3.63, 3.8) is 0 Å². The standard InChI is InChI=1S/C22H24N2O4/c1-27-14-10-11-17(19(13-14)28-2)23-21(25)20-15-7-3-4-8-16(15)22(26)24-12-6-5-9-18(20)24/h3-4,7-8,10-11,13,18,20H,5-6,9,12H2,1-2H3,(H,23,25)/t18-,20+/m0/s1. The molecule has 0 aromatic heterocycles. The second-order valence-electron chi connectivity index (χ2n) is 7.18. The first-order valence-electron chi connectivity index (χ1n) is 9.57. The van der Waals surface area contributed by atoms with Crippen molar-refractivity contribution in [2.75, 3.05) is 26.1 Å². The number of nitrogens with zero attached hydrogens (tertiary/aromatic N) is 1. The van der Waals surface area contributed by atoms with Gasteiger partial charge in [-0.05, 0) is 43.0 Å². The summed E-state index contributed by atoms with van der Waals surface area (Å²) in [6.45, 7) is 0.702. The first kappa shape index (κ1) is 18.3. The van der Waals surface area contributed by atoms with Crippen molar-refractivity contribution in [2.45, 2.75) is 31.2 Å². The number of methoxy groups -OCH3 is 2. The van der Waals surface area contributed by atoms with Gasteiger partial charge in [0, 0.05) is 24.2 Å². The molecule has 1 fully saturated rings. The molecule has 2 aromatic carbocycles. The molecule has 146 valence electrons. The lowest BCUT2D eigenvalue weighted by Gasteiger charge is -2.44. The molecule has 4 rings (SSSR count). The molecule has 2 aliphatic heterocycles. The molecule has 2 aromatic rings. The number of piperidine rings is 1. The van der Waals surface area contributed by atoms with Crippen LogP contribution in [0.3, 0.4) is 0 Å². The van der Waals surface area contributed by atoms with Crippen LogP contribution in [0.2, 0.25) is 0 Å². The van der Waals surface area contributed by atoms with Gasteiger partial charge in [-0.2, -0.15) is 0 Å². The van der Waals surface area contributed by atoms with E-state index >= 15 is 0 Å². The Balaban J connectivity index is 1.69. The predicted octanol–water partition coefficient (Wildman–Crippen LogP) is 3.43. The van der Waals surface area contributed by atoms with Crippen molar-refractivity contribution in [1.29, 1.82) is 0 Å². The molecule has 0 spiro atoms. The van der Waals surface area contributed by atoms with Gasteiger partial charge in [0.2, 0.25) is 5.91 Å². The minimum atomic E-state index is -0.402. The highest BCUT2D eigenvalue weighted by molar-refractivity contribution is 6.04. The zero-order valence-corrected chi connectivity index (χ0v) is 16.1. The van der Waals surface area contributed by atoms with Crippen LogP contribution in [0.25, 0.3) is 0 Å². The van der Waals surface area contributed by atoms with Gasteiger partial charge in [0.15, 0.2) is 0 Å². The van der Waals surface area contributed by atoms with E-state index in [0.717, 1.165) is 24.8 Å². The van der Waals surface area contributed by atoms with E-state index in [0.29, 0.717) is 29.3 Å². The Bertz CT molecular complexity index is 911. The summed E-state index contributed by atoms with van der Waals surface area (Å²) in [5.74, 6) is 0.697. The number of ether oxygens (including phenoxy) is 2. The minimum absolute atomic E-state index is 0.0337. The maximum atomic E-state index is 13.4. The molecule has 0 aliphatic carbocycles. The molecule has 2 amide bonds. The number of fused-ring (bicyclic) bond motifs is 2. The quantitative estimate of drug-likeness (QED) is 0.882. The summed E-state index contributed by atoms with van der Waals surface area (Å²) in [5, 5.41) is 3.01. The monoisotopic (exact) mass is 380 g/mol. The van der Waals surface area contributed by atoms with Crippen molar-refractivity contribution >= 4 is 17.5 Å². The van der Waals surface area contributed by atoms with Crippen LogP contribution in [0.1, 0.15) is 41.1 Å². The van der Waals surface area contributed by atoms with Gasteiger partial charge in [0.1, 0.15) is 11.5 Å². The Morgan fingerprint density at radius 3 is 2.71 bits per heavy atom. The Morgan fingerprint density at radius 2 is 1.93 bits per heavy atom. The molecule has 6 heteroatoms. The normalized spacial score (nSPS) is 20.8. The lowest BCUT2D eigenvalue weighted by atomic mass is 9.78. The van der Waals surface area contributed by atoms with Crippen molar-refractivity contribution in [2.24, 2.45) is 0 Å². The van der Waals surface area contributed by atoms with E-state index in [1.165, 1.54) is 0 Å². The number of carbonyl (C=O) groups excluding carboxylic acids is 2. The smallest absolute Gasteiger partial charge is 0.254 e. The highest BCUT2D eigenvalue weighted by atomic mass is 16.5. The number of amides is 2. The highest BCUT2D eigenvalue weighted by Crippen LogP contribution is 2.39. The Morgan fingerprint density at radius 1 is 1.11 bits per heavy atom. The number of benzene rings is 2. The number of hydrogen-bond donors (Lipinski definition) is 1. The number of anilines is 1. The first-order valence-corrected chi connectivity index (χ1v) is 9.57. The van der Waals surface area contributed by atoms with Crippen molar-refractivity contribution in [3.05, 3.63) is 53.6 Å². The van der Waals surface area contributed by atoms with Gasteiger partial charge in [-0.1, -0.05) is 18.2 Å². The first-order chi connectivity index (χ1) is 13.6. The van der Waals surface area contributed by atoms with E-state index in [1.807, 2.05) is 29.2 Å². The third kappa shape index (κ3) is 3.09. The Hall–Kier alpha value is -3.02. The van der Waals surface area contributed by atoms with E-state index in [1.54, 1.807) is 32.4 Å².